The van der Waals surface area contributed by atoms with Crippen molar-refractivity contribution in [3.05, 3.63) is 11.8 Å². The van der Waals surface area contributed by atoms with E-state index >= 15 is 0 Å². The lowest BCUT2D eigenvalue weighted by atomic mass is 10.3. The number of hydrogen-bond acceptors (Lipinski definition) is 1. The number of hydrogen-bond donors (Lipinski definition) is 0. The maximum atomic E-state index is 4.50. The molecule has 0 N–H and O–H groups in total. The number of likely N-dealkylation sites (tertiary alicyclic amines) is 1. The van der Waals surface area contributed by atoms with E-state index in [1.165, 1.54) is 44.1 Å². The van der Waals surface area contributed by atoms with E-state index in [1.54, 1.807) is 5.20 Å². The van der Waals surface area contributed by atoms with E-state index < -0.39 is 8.07 Å². The zero-order valence-electron chi connectivity index (χ0n) is 11.7. The van der Waals surface area contributed by atoms with E-state index in [1.807, 2.05) is 0 Å². The molecule has 1 aliphatic rings. The Morgan fingerprint density at radius 3 is 1.94 bits per heavy atom. The highest BCUT2D eigenvalue weighted by Crippen LogP contribution is 2.32. The van der Waals surface area contributed by atoms with Gasteiger partial charge in [-0.25, -0.2) is 0 Å². The first kappa shape index (κ1) is 14.0. The zero-order chi connectivity index (χ0) is 12.2. The maximum absolute atomic E-state index is 4.50. The summed E-state index contributed by atoms with van der Waals surface area (Å²) in [5.41, 5.74) is 0. The molecule has 0 aromatic carbocycles. The van der Waals surface area contributed by atoms with Gasteiger partial charge < -0.3 is 0 Å². The van der Waals surface area contributed by atoms with Crippen molar-refractivity contribution in [3.63, 3.8) is 0 Å². The van der Waals surface area contributed by atoms with E-state index in [-0.39, 0.29) is 0 Å². The van der Waals surface area contributed by atoms with Gasteiger partial charge in [-0.2, -0.15) is 0 Å². The molecule has 1 atom stereocenters. The summed E-state index contributed by atoms with van der Waals surface area (Å²) in [7, 11) is -1.19. The van der Waals surface area contributed by atoms with Gasteiger partial charge in [0.15, 0.2) is 0 Å². The van der Waals surface area contributed by atoms with Crippen molar-refractivity contribution in [2.45, 2.75) is 64.7 Å². The summed E-state index contributed by atoms with van der Waals surface area (Å²) in [6.07, 6.45) is 2.77. The minimum Gasteiger partial charge on any atom is -0.297 e. The molecular weight excluding hydrogens is 210 g/mol. The van der Waals surface area contributed by atoms with Crippen LogP contribution in [0.5, 0.6) is 0 Å². The van der Waals surface area contributed by atoms with Crippen LogP contribution in [0.15, 0.2) is 11.8 Å². The van der Waals surface area contributed by atoms with Crippen molar-refractivity contribution < 1.29 is 0 Å². The van der Waals surface area contributed by atoms with E-state index in [9.17, 15) is 0 Å². The Morgan fingerprint density at radius 2 is 1.56 bits per heavy atom. The fraction of sp³-hybridized carbons (Fsp3) is 0.857. The average molecular weight is 239 g/mol. The highest BCUT2D eigenvalue weighted by molar-refractivity contribution is 6.86. The van der Waals surface area contributed by atoms with Gasteiger partial charge in [-0.1, -0.05) is 44.1 Å². The summed E-state index contributed by atoms with van der Waals surface area (Å²) >= 11 is 0. The molecule has 94 valence electrons. The normalized spacial score (nSPS) is 20.0. The molecule has 16 heavy (non-hydrogen) atoms. The Balaban J connectivity index is 2.73. The molecule has 0 aliphatic carbocycles. The second kappa shape index (κ2) is 6.01. The molecule has 1 nitrogen and oxygen atoms in total. The van der Waals surface area contributed by atoms with E-state index in [4.69, 9.17) is 0 Å². The lowest BCUT2D eigenvalue weighted by Crippen LogP contribution is -2.44. The van der Waals surface area contributed by atoms with Gasteiger partial charge in [0.05, 0.1) is 8.07 Å². The van der Waals surface area contributed by atoms with Crippen LogP contribution in [0.1, 0.15) is 40.5 Å². The van der Waals surface area contributed by atoms with Crippen molar-refractivity contribution in [1.29, 1.82) is 0 Å². The first-order valence-corrected chi connectivity index (χ1v) is 9.66. The topological polar surface area (TPSA) is 3.24 Å². The van der Waals surface area contributed by atoms with Crippen LogP contribution in [0.3, 0.4) is 0 Å². The molecule has 1 unspecified atom stereocenters. The molecule has 0 aromatic rings. The molecule has 1 heterocycles. The van der Waals surface area contributed by atoms with Gasteiger partial charge in [-0.3, -0.25) is 4.90 Å². The monoisotopic (exact) mass is 239 g/mol. The van der Waals surface area contributed by atoms with Crippen LogP contribution >= 0.6 is 0 Å². The van der Waals surface area contributed by atoms with Crippen molar-refractivity contribution >= 4 is 8.07 Å². The molecule has 0 aromatic heterocycles. The van der Waals surface area contributed by atoms with Crippen molar-refractivity contribution in [2.24, 2.45) is 0 Å². The first-order chi connectivity index (χ1) is 7.61. The average Bonchev–Trinajstić information content (AvgIpc) is 2.84. The zero-order valence-corrected chi connectivity index (χ0v) is 12.7. The minimum atomic E-state index is -1.19. The Labute approximate surface area is 103 Å². The number of rotatable bonds is 6. The van der Waals surface area contributed by atoms with Crippen LogP contribution in [-0.4, -0.2) is 32.1 Å². The van der Waals surface area contributed by atoms with Gasteiger partial charge in [0, 0.05) is 6.04 Å². The summed E-state index contributed by atoms with van der Waals surface area (Å²) in [5, 5.41) is 1.61. The predicted molar refractivity (Wildman–Crippen MR) is 76.6 cm³/mol. The largest absolute Gasteiger partial charge is 0.297 e. The maximum Gasteiger partial charge on any atom is 0.0820 e. The highest BCUT2D eigenvalue weighted by atomic mass is 28.3. The molecule has 1 aliphatic heterocycles. The van der Waals surface area contributed by atoms with Gasteiger partial charge >= 0.3 is 0 Å². The lowest BCUT2D eigenvalue weighted by Gasteiger charge is -2.37. The van der Waals surface area contributed by atoms with Gasteiger partial charge in [-0.05, 0) is 32.9 Å². The standard InChI is InChI=1S/C14H29NSi/c1-6-16(7-2,8-3)14(5)13(4)15-11-9-10-12-15/h13H,5-12H2,1-4H3. The molecule has 1 saturated heterocycles. The molecule has 0 saturated carbocycles. The smallest absolute Gasteiger partial charge is 0.0820 e. The predicted octanol–water partition coefficient (Wildman–Crippen LogP) is 4.07. The summed E-state index contributed by atoms with van der Waals surface area (Å²) in [6, 6.07) is 4.75. The van der Waals surface area contributed by atoms with Crippen LogP contribution < -0.4 is 0 Å². The molecule has 1 rings (SSSR count). The first-order valence-electron chi connectivity index (χ1n) is 7.04. The van der Waals surface area contributed by atoms with Gasteiger partial charge in [-0.15, -0.1) is 6.58 Å². The molecule has 0 spiro atoms. The fourth-order valence-corrected chi connectivity index (χ4v) is 7.15. The molecule has 0 amide bonds. The SMILES string of the molecule is C=C(C(C)N1CCCC1)[Si](CC)(CC)CC. The van der Waals surface area contributed by atoms with Crippen LogP contribution in [0.2, 0.25) is 18.1 Å². The Bertz CT molecular complexity index is 219. The quantitative estimate of drug-likeness (QED) is 0.632. The van der Waals surface area contributed by atoms with Gasteiger partial charge in [0.1, 0.15) is 0 Å². The van der Waals surface area contributed by atoms with Crippen molar-refractivity contribution in [3.8, 4) is 0 Å². The summed E-state index contributed by atoms with van der Waals surface area (Å²) in [4.78, 5) is 2.64. The summed E-state index contributed by atoms with van der Waals surface area (Å²) in [5.74, 6) is 0. The number of nitrogens with zero attached hydrogens (tertiary/aromatic N) is 1. The molecule has 0 bridgehead atoms. The third-order valence-corrected chi connectivity index (χ3v) is 10.7. The van der Waals surface area contributed by atoms with Crippen LogP contribution in [-0.2, 0) is 0 Å². The highest BCUT2D eigenvalue weighted by Gasteiger charge is 2.35. The van der Waals surface area contributed by atoms with E-state index in [2.05, 4.69) is 39.2 Å². The van der Waals surface area contributed by atoms with Crippen molar-refractivity contribution in [1.82, 2.24) is 4.90 Å². The van der Waals surface area contributed by atoms with Gasteiger partial charge in [0.2, 0.25) is 0 Å². The minimum absolute atomic E-state index is 0.633. The van der Waals surface area contributed by atoms with Crippen molar-refractivity contribution in [2.75, 3.05) is 13.1 Å². The third-order valence-electron chi connectivity index (χ3n) is 4.90. The van der Waals surface area contributed by atoms with E-state index in [0.717, 1.165) is 0 Å². The molecular formula is C14H29NSi. The van der Waals surface area contributed by atoms with Crippen LogP contribution in [0.25, 0.3) is 0 Å². The summed E-state index contributed by atoms with van der Waals surface area (Å²) < 4.78 is 0. The van der Waals surface area contributed by atoms with Crippen LogP contribution in [0, 0.1) is 0 Å². The third kappa shape index (κ3) is 2.59. The van der Waals surface area contributed by atoms with E-state index in [0.29, 0.717) is 6.04 Å². The summed E-state index contributed by atoms with van der Waals surface area (Å²) in [6.45, 7) is 16.6. The van der Waals surface area contributed by atoms with Gasteiger partial charge in [0.25, 0.3) is 0 Å². The lowest BCUT2D eigenvalue weighted by molar-refractivity contribution is 0.295. The molecule has 0 radical (unpaired) electrons. The second-order valence-corrected chi connectivity index (χ2v) is 10.6. The Kier molecular flexibility index (Phi) is 5.26. The second-order valence-electron chi connectivity index (χ2n) is 5.29. The molecule has 1 fully saturated rings. The van der Waals surface area contributed by atoms with Crippen LogP contribution in [0.4, 0.5) is 0 Å². The fourth-order valence-electron chi connectivity index (χ4n) is 3.22. The molecule has 2 heteroatoms. The Morgan fingerprint density at radius 1 is 1.12 bits per heavy atom. The Hall–Kier alpha value is -0.0831.